The summed E-state index contributed by atoms with van der Waals surface area (Å²) in [5.41, 5.74) is 10.6. The normalized spacial score (nSPS) is 10.9. The van der Waals surface area contributed by atoms with Crippen molar-refractivity contribution in [2.45, 2.75) is 6.54 Å². The van der Waals surface area contributed by atoms with Crippen molar-refractivity contribution in [2.24, 2.45) is 0 Å². The summed E-state index contributed by atoms with van der Waals surface area (Å²) in [5, 5.41) is 8.71. The van der Waals surface area contributed by atoms with E-state index >= 15 is 0 Å². The summed E-state index contributed by atoms with van der Waals surface area (Å²) in [6.07, 6.45) is 0. The molecule has 3 N–H and O–H groups in total. The molecule has 34 heavy (non-hydrogen) atoms. The van der Waals surface area contributed by atoms with E-state index in [2.05, 4.69) is 10.3 Å². The maximum Gasteiger partial charge on any atom is 0.225 e. The predicted octanol–water partition coefficient (Wildman–Crippen LogP) is 4.69. The lowest BCUT2D eigenvalue weighted by Crippen LogP contribution is -2.05. The zero-order chi connectivity index (χ0) is 23.5. The maximum absolute atomic E-state index is 6.59. The van der Waals surface area contributed by atoms with Gasteiger partial charge >= 0.3 is 0 Å². The SMILES string of the molecule is COc1ccc(-c2nc(NCc3ccccc3)nc3nn(-c4ccc(OC)cc4)c(N)c23)cc1. The van der Waals surface area contributed by atoms with Gasteiger partial charge in [0.25, 0.3) is 0 Å². The minimum atomic E-state index is 0.459. The van der Waals surface area contributed by atoms with E-state index in [0.29, 0.717) is 35.0 Å². The van der Waals surface area contributed by atoms with Gasteiger partial charge in [0, 0.05) is 12.1 Å². The first-order chi connectivity index (χ1) is 16.7. The average molecular weight is 453 g/mol. The van der Waals surface area contributed by atoms with Crippen molar-refractivity contribution in [2.75, 3.05) is 25.3 Å². The number of aromatic nitrogens is 4. The number of methoxy groups -OCH3 is 2. The number of anilines is 2. The van der Waals surface area contributed by atoms with Gasteiger partial charge < -0.3 is 20.5 Å². The van der Waals surface area contributed by atoms with Crippen LogP contribution in [-0.2, 0) is 6.54 Å². The van der Waals surface area contributed by atoms with Crippen LogP contribution in [0.3, 0.4) is 0 Å². The monoisotopic (exact) mass is 452 g/mol. The second kappa shape index (κ2) is 9.11. The highest BCUT2D eigenvalue weighted by Gasteiger charge is 2.19. The quantitative estimate of drug-likeness (QED) is 0.369. The lowest BCUT2D eigenvalue weighted by Gasteiger charge is -2.09. The summed E-state index contributed by atoms with van der Waals surface area (Å²) in [6.45, 7) is 0.586. The summed E-state index contributed by atoms with van der Waals surface area (Å²) < 4.78 is 12.3. The van der Waals surface area contributed by atoms with Crippen LogP contribution in [0, 0.1) is 0 Å². The Kier molecular flexibility index (Phi) is 5.70. The molecule has 0 amide bonds. The Hall–Kier alpha value is -4.59. The summed E-state index contributed by atoms with van der Waals surface area (Å²) in [7, 11) is 3.27. The van der Waals surface area contributed by atoms with Gasteiger partial charge in [-0.2, -0.15) is 4.98 Å². The first-order valence-electron chi connectivity index (χ1n) is 10.8. The molecule has 0 radical (unpaired) electrons. The molecule has 0 aliphatic heterocycles. The fraction of sp³-hybridized carbons (Fsp3) is 0.115. The summed E-state index contributed by atoms with van der Waals surface area (Å²) in [5.74, 6) is 2.45. The molecule has 3 aromatic carbocycles. The van der Waals surface area contributed by atoms with Gasteiger partial charge in [0.05, 0.1) is 31.0 Å². The van der Waals surface area contributed by atoms with E-state index in [0.717, 1.165) is 28.3 Å². The van der Waals surface area contributed by atoms with Gasteiger partial charge in [-0.15, -0.1) is 5.10 Å². The smallest absolute Gasteiger partial charge is 0.225 e. The van der Waals surface area contributed by atoms with Crippen molar-refractivity contribution in [1.29, 1.82) is 0 Å². The molecule has 0 saturated carbocycles. The first kappa shape index (κ1) is 21.3. The van der Waals surface area contributed by atoms with Crippen LogP contribution in [0.4, 0.5) is 11.8 Å². The molecule has 0 aliphatic rings. The Balaban J connectivity index is 1.62. The molecular weight excluding hydrogens is 428 g/mol. The number of fused-ring (bicyclic) bond motifs is 1. The molecule has 0 fully saturated rings. The minimum Gasteiger partial charge on any atom is -0.497 e. The largest absolute Gasteiger partial charge is 0.497 e. The molecule has 0 bridgehead atoms. The van der Waals surface area contributed by atoms with Crippen LogP contribution in [-0.4, -0.2) is 34.0 Å². The zero-order valence-corrected chi connectivity index (χ0v) is 18.9. The van der Waals surface area contributed by atoms with E-state index < -0.39 is 0 Å². The van der Waals surface area contributed by atoms with E-state index in [4.69, 9.17) is 25.3 Å². The van der Waals surface area contributed by atoms with Crippen LogP contribution in [0.15, 0.2) is 78.9 Å². The average Bonchev–Trinajstić information content (AvgIpc) is 3.24. The lowest BCUT2D eigenvalue weighted by molar-refractivity contribution is 0.414. The predicted molar refractivity (Wildman–Crippen MR) is 133 cm³/mol. The molecular formula is C26H24N6O2. The number of nitrogen functional groups attached to an aromatic ring is 1. The number of nitrogens with zero attached hydrogens (tertiary/aromatic N) is 4. The van der Waals surface area contributed by atoms with Crippen molar-refractivity contribution >= 4 is 22.8 Å². The van der Waals surface area contributed by atoms with Crippen LogP contribution in [0.2, 0.25) is 0 Å². The minimum absolute atomic E-state index is 0.459. The van der Waals surface area contributed by atoms with Crippen molar-refractivity contribution in [1.82, 2.24) is 19.7 Å². The van der Waals surface area contributed by atoms with Gasteiger partial charge in [-0.05, 0) is 54.1 Å². The van der Waals surface area contributed by atoms with Gasteiger partial charge in [0.2, 0.25) is 5.95 Å². The number of ether oxygens (including phenoxy) is 2. The molecule has 0 saturated heterocycles. The Bertz CT molecular complexity index is 1410. The fourth-order valence-corrected chi connectivity index (χ4v) is 3.75. The second-order valence-corrected chi connectivity index (χ2v) is 7.66. The van der Waals surface area contributed by atoms with Gasteiger partial charge in [-0.25, -0.2) is 9.67 Å². The highest BCUT2D eigenvalue weighted by Crippen LogP contribution is 2.33. The van der Waals surface area contributed by atoms with E-state index in [-0.39, 0.29) is 0 Å². The van der Waals surface area contributed by atoms with Gasteiger partial charge in [-0.3, -0.25) is 0 Å². The number of hydrogen-bond acceptors (Lipinski definition) is 7. The maximum atomic E-state index is 6.59. The third kappa shape index (κ3) is 4.09. The molecule has 0 spiro atoms. The van der Waals surface area contributed by atoms with E-state index in [1.54, 1.807) is 18.9 Å². The first-order valence-corrected chi connectivity index (χ1v) is 10.8. The van der Waals surface area contributed by atoms with E-state index in [1.165, 1.54) is 0 Å². The van der Waals surface area contributed by atoms with E-state index in [1.807, 2.05) is 78.9 Å². The standard InChI is InChI=1S/C26H24N6O2/c1-33-20-12-8-18(9-13-20)23-22-24(27)32(19-10-14-21(34-2)15-11-19)31-25(22)30-26(29-23)28-16-17-6-4-3-5-7-17/h3-15H,16,27H2,1-2H3,(H,28,30,31). The number of benzene rings is 3. The molecule has 2 aromatic heterocycles. The Morgan fingerprint density at radius 3 is 2.12 bits per heavy atom. The zero-order valence-electron chi connectivity index (χ0n) is 18.9. The number of nitrogens with one attached hydrogen (secondary N) is 1. The molecule has 5 aromatic rings. The molecule has 0 atom stereocenters. The molecule has 0 aliphatic carbocycles. The van der Waals surface area contributed by atoms with Crippen LogP contribution in [0.25, 0.3) is 28.0 Å². The highest BCUT2D eigenvalue weighted by molar-refractivity contribution is 5.99. The second-order valence-electron chi connectivity index (χ2n) is 7.66. The summed E-state index contributed by atoms with van der Waals surface area (Å²) in [4.78, 5) is 9.49. The molecule has 8 heteroatoms. The van der Waals surface area contributed by atoms with Gasteiger partial charge in [0.15, 0.2) is 5.65 Å². The lowest BCUT2D eigenvalue weighted by atomic mass is 10.1. The Morgan fingerprint density at radius 1 is 0.824 bits per heavy atom. The summed E-state index contributed by atoms with van der Waals surface area (Å²) in [6, 6.07) is 25.3. The number of nitrogens with two attached hydrogens (primary N) is 1. The van der Waals surface area contributed by atoms with Crippen molar-refractivity contribution in [3.05, 3.63) is 84.4 Å². The Labute approximate surface area is 197 Å². The molecule has 0 unspecified atom stereocenters. The number of rotatable bonds is 7. The third-order valence-electron chi connectivity index (χ3n) is 5.54. The third-order valence-corrected chi connectivity index (χ3v) is 5.54. The van der Waals surface area contributed by atoms with Crippen molar-refractivity contribution in [3.8, 4) is 28.4 Å². The Morgan fingerprint density at radius 2 is 1.47 bits per heavy atom. The number of hydrogen-bond donors (Lipinski definition) is 2. The van der Waals surface area contributed by atoms with Crippen molar-refractivity contribution in [3.63, 3.8) is 0 Å². The molecule has 170 valence electrons. The van der Waals surface area contributed by atoms with Gasteiger partial charge in [-0.1, -0.05) is 30.3 Å². The highest BCUT2D eigenvalue weighted by atomic mass is 16.5. The van der Waals surface area contributed by atoms with Crippen LogP contribution < -0.4 is 20.5 Å². The summed E-state index contributed by atoms with van der Waals surface area (Å²) >= 11 is 0. The van der Waals surface area contributed by atoms with Crippen LogP contribution in [0.1, 0.15) is 5.56 Å². The van der Waals surface area contributed by atoms with E-state index in [9.17, 15) is 0 Å². The van der Waals surface area contributed by atoms with Crippen molar-refractivity contribution < 1.29 is 9.47 Å². The molecule has 5 rings (SSSR count). The van der Waals surface area contributed by atoms with Gasteiger partial charge in [0.1, 0.15) is 17.3 Å². The van der Waals surface area contributed by atoms with Crippen LogP contribution in [0.5, 0.6) is 11.5 Å². The topological polar surface area (TPSA) is 100 Å². The molecule has 8 nitrogen and oxygen atoms in total. The fourth-order valence-electron chi connectivity index (χ4n) is 3.75. The van der Waals surface area contributed by atoms with Crippen LogP contribution >= 0.6 is 0 Å². The molecule has 2 heterocycles.